The van der Waals surface area contributed by atoms with Gasteiger partial charge in [0, 0.05) is 23.6 Å². The Morgan fingerprint density at radius 1 is 0.944 bits per heavy atom. The van der Waals surface area contributed by atoms with Crippen LogP contribution < -0.4 is 9.62 Å². The molecule has 3 aromatic carbocycles. The van der Waals surface area contributed by atoms with Gasteiger partial charge in [-0.05, 0) is 49.7 Å². The molecule has 0 aliphatic carbocycles. The number of halogens is 2. The molecule has 2 amide bonds. The van der Waals surface area contributed by atoms with Crippen LogP contribution in [-0.4, -0.2) is 44.8 Å². The van der Waals surface area contributed by atoms with Crippen LogP contribution in [0.4, 0.5) is 5.69 Å². The van der Waals surface area contributed by atoms with E-state index in [1.54, 1.807) is 25.1 Å². The number of benzene rings is 3. The molecule has 3 aromatic rings. The van der Waals surface area contributed by atoms with Crippen LogP contribution in [0.25, 0.3) is 0 Å². The van der Waals surface area contributed by atoms with E-state index in [9.17, 15) is 18.0 Å². The van der Waals surface area contributed by atoms with Crippen LogP contribution in [0, 0.1) is 6.92 Å². The third kappa shape index (κ3) is 6.57. The zero-order valence-corrected chi connectivity index (χ0v) is 22.4. The van der Waals surface area contributed by atoms with E-state index in [0.29, 0.717) is 0 Å². The molecule has 0 saturated heterocycles. The maximum atomic E-state index is 13.7. The average Bonchev–Trinajstić information content (AvgIpc) is 2.84. The summed E-state index contributed by atoms with van der Waals surface area (Å²) < 4.78 is 28.3. The number of hydrogen-bond acceptors (Lipinski definition) is 4. The van der Waals surface area contributed by atoms with E-state index in [2.05, 4.69) is 5.32 Å². The number of nitrogens with one attached hydrogen (secondary N) is 1. The highest BCUT2D eigenvalue weighted by Gasteiger charge is 2.32. The van der Waals surface area contributed by atoms with Crippen molar-refractivity contribution in [3.05, 3.63) is 94.0 Å². The number of nitrogens with zero attached hydrogens (tertiary/aromatic N) is 2. The molecular formula is C26H27Cl2N3O4S. The number of likely N-dealkylation sites (N-methyl/N-ethyl adjacent to an activating group) is 1. The van der Waals surface area contributed by atoms with Crippen molar-refractivity contribution in [2.24, 2.45) is 0 Å². The highest BCUT2D eigenvalue weighted by molar-refractivity contribution is 7.92. The summed E-state index contributed by atoms with van der Waals surface area (Å²) in [4.78, 5) is 27.6. The maximum Gasteiger partial charge on any atom is 0.264 e. The Morgan fingerprint density at radius 2 is 1.58 bits per heavy atom. The van der Waals surface area contributed by atoms with E-state index in [1.807, 2.05) is 31.2 Å². The predicted molar refractivity (Wildman–Crippen MR) is 143 cm³/mol. The van der Waals surface area contributed by atoms with Gasteiger partial charge < -0.3 is 10.2 Å². The van der Waals surface area contributed by atoms with Gasteiger partial charge in [-0.1, -0.05) is 71.2 Å². The number of sulfonamides is 1. The molecule has 7 nitrogen and oxygen atoms in total. The van der Waals surface area contributed by atoms with Gasteiger partial charge in [0.15, 0.2) is 0 Å². The number of rotatable bonds is 9. The molecule has 1 atom stereocenters. The average molecular weight is 548 g/mol. The topological polar surface area (TPSA) is 86.8 Å². The number of hydrogen-bond donors (Lipinski definition) is 1. The summed E-state index contributed by atoms with van der Waals surface area (Å²) in [5, 5.41) is 2.99. The van der Waals surface area contributed by atoms with Crippen molar-refractivity contribution in [1.29, 1.82) is 0 Å². The highest BCUT2D eigenvalue weighted by atomic mass is 35.5. The number of amides is 2. The van der Waals surface area contributed by atoms with Gasteiger partial charge in [0.05, 0.1) is 10.6 Å². The van der Waals surface area contributed by atoms with E-state index in [4.69, 9.17) is 23.2 Å². The fraction of sp³-hybridized carbons (Fsp3) is 0.231. The van der Waals surface area contributed by atoms with Crippen LogP contribution in [0.15, 0.2) is 77.7 Å². The quantitative estimate of drug-likeness (QED) is 0.422. The normalized spacial score (nSPS) is 12.0. The van der Waals surface area contributed by atoms with Crippen LogP contribution in [0.2, 0.25) is 10.0 Å². The van der Waals surface area contributed by atoms with Gasteiger partial charge in [-0.15, -0.1) is 0 Å². The molecule has 3 rings (SSSR count). The van der Waals surface area contributed by atoms with Crippen LogP contribution in [0.3, 0.4) is 0 Å². The van der Waals surface area contributed by atoms with Crippen molar-refractivity contribution < 1.29 is 18.0 Å². The van der Waals surface area contributed by atoms with Gasteiger partial charge >= 0.3 is 0 Å². The summed E-state index contributed by atoms with van der Waals surface area (Å²) in [6.07, 6.45) is 0. The molecule has 10 heteroatoms. The van der Waals surface area contributed by atoms with Gasteiger partial charge in [-0.2, -0.15) is 0 Å². The molecule has 0 bridgehead atoms. The van der Waals surface area contributed by atoms with Gasteiger partial charge in [0.1, 0.15) is 12.6 Å². The zero-order valence-electron chi connectivity index (χ0n) is 20.1. The van der Waals surface area contributed by atoms with Crippen molar-refractivity contribution >= 4 is 50.7 Å². The second-order valence-electron chi connectivity index (χ2n) is 8.25. The Balaban J connectivity index is 2.06. The van der Waals surface area contributed by atoms with E-state index in [0.717, 1.165) is 15.4 Å². The summed E-state index contributed by atoms with van der Waals surface area (Å²) in [5.41, 5.74) is 1.93. The third-order valence-corrected chi connectivity index (χ3v) is 7.82. The first-order chi connectivity index (χ1) is 17.0. The molecule has 1 N–H and O–H groups in total. The molecule has 0 aliphatic rings. The first-order valence-corrected chi connectivity index (χ1v) is 13.3. The first-order valence-electron chi connectivity index (χ1n) is 11.1. The summed E-state index contributed by atoms with van der Waals surface area (Å²) in [7, 11) is -2.70. The minimum atomic E-state index is -4.18. The van der Waals surface area contributed by atoms with Crippen molar-refractivity contribution in [1.82, 2.24) is 10.2 Å². The molecule has 190 valence electrons. The Kier molecular flexibility index (Phi) is 9.00. The third-order valence-electron chi connectivity index (χ3n) is 5.59. The molecule has 0 spiro atoms. The summed E-state index contributed by atoms with van der Waals surface area (Å²) in [5.74, 6) is -0.942. The summed E-state index contributed by atoms with van der Waals surface area (Å²) in [6, 6.07) is 18.8. The number of carbonyl (C=O) groups excluding carboxylic acids is 2. The molecule has 0 heterocycles. The standard InChI is InChI=1S/C26H27Cl2N3O4S/c1-18-8-7-9-20(12-18)16-30(19(2)26(33)29-3)25(32)17-31(23-14-21(27)13-22(28)15-23)36(34,35)24-10-5-4-6-11-24/h4-15,19H,16-17H2,1-3H3,(H,29,33)/t19-/m1/s1. The number of aryl methyl sites for hydroxylation is 1. The molecule has 36 heavy (non-hydrogen) atoms. The van der Waals surface area contributed by atoms with Crippen molar-refractivity contribution in [3.63, 3.8) is 0 Å². The molecule has 0 radical (unpaired) electrons. The Labute approximate surface area is 221 Å². The smallest absolute Gasteiger partial charge is 0.264 e. The van der Waals surface area contributed by atoms with Crippen molar-refractivity contribution in [2.45, 2.75) is 31.3 Å². The van der Waals surface area contributed by atoms with Gasteiger partial charge in [0.25, 0.3) is 10.0 Å². The second-order valence-corrected chi connectivity index (χ2v) is 11.0. The SMILES string of the molecule is CNC(=O)[C@@H](C)N(Cc1cccc(C)c1)C(=O)CN(c1cc(Cl)cc(Cl)c1)S(=O)(=O)c1ccccc1. The van der Waals surface area contributed by atoms with Crippen molar-refractivity contribution in [2.75, 3.05) is 17.9 Å². The van der Waals surface area contributed by atoms with E-state index >= 15 is 0 Å². The fourth-order valence-corrected chi connectivity index (χ4v) is 5.66. The van der Waals surface area contributed by atoms with Crippen LogP contribution in [0.5, 0.6) is 0 Å². The Bertz CT molecular complexity index is 1330. The minimum Gasteiger partial charge on any atom is -0.357 e. The lowest BCUT2D eigenvalue weighted by Crippen LogP contribution is -2.50. The highest BCUT2D eigenvalue weighted by Crippen LogP contribution is 2.30. The lowest BCUT2D eigenvalue weighted by Gasteiger charge is -2.32. The van der Waals surface area contributed by atoms with E-state index in [1.165, 1.54) is 42.3 Å². The molecular weight excluding hydrogens is 521 g/mol. The lowest BCUT2D eigenvalue weighted by molar-refractivity contribution is -0.139. The predicted octanol–water partition coefficient (Wildman–Crippen LogP) is 4.66. The van der Waals surface area contributed by atoms with Crippen molar-refractivity contribution in [3.8, 4) is 0 Å². The first kappa shape index (κ1) is 27.5. The second kappa shape index (κ2) is 11.8. The molecule has 0 unspecified atom stereocenters. The molecule has 0 saturated carbocycles. The van der Waals surface area contributed by atoms with Crippen LogP contribution in [0.1, 0.15) is 18.1 Å². The monoisotopic (exact) mass is 547 g/mol. The maximum absolute atomic E-state index is 13.7. The largest absolute Gasteiger partial charge is 0.357 e. The Morgan fingerprint density at radius 3 is 2.17 bits per heavy atom. The molecule has 0 aliphatic heterocycles. The summed E-state index contributed by atoms with van der Waals surface area (Å²) >= 11 is 12.3. The van der Waals surface area contributed by atoms with E-state index in [-0.39, 0.29) is 33.1 Å². The fourth-order valence-electron chi connectivity index (χ4n) is 3.73. The molecule has 0 aromatic heterocycles. The Hall–Kier alpha value is -3.07. The zero-order chi connectivity index (χ0) is 26.5. The lowest BCUT2D eigenvalue weighted by atomic mass is 10.1. The number of carbonyl (C=O) groups is 2. The summed E-state index contributed by atoms with van der Waals surface area (Å²) in [6.45, 7) is 3.07. The van der Waals surface area contributed by atoms with Crippen LogP contribution in [-0.2, 0) is 26.2 Å². The van der Waals surface area contributed by atoms with Gasteiger partial charge in [0.2, 0.25) is 11.8 Å². The van der Waals surface area contributed by atoms with E-state index < -0.39 is 28.5 Å². The minimum absolute atomic E-state index is 0.00141. The molecule has 0 fully saturated rings. The van der Waals surface area contributed by atoms with Crippen LogP contribution >= 0.6 is 23.2 Å². The van der Waals surface area contributed by atoms with Gasteiger partial charge in [-0.3, -0.25) is 13.9 Å². The number of anilines is 1. The van der Waals surface area contributed by atoms with Gasteiger partial charge in [-0.25, -0.2) is 8.42 Å².